The van der Waals surface area contributed by atoms with Crippen LogP contribution >= 0.6 is 0 Å². The molecule has 1 heterocycles. The Morgan fingerprint density at radius 1 is 1.24 bits per heavy atom. The second kappa shape index (κ2) is 5.66. The smallest absolute Gasteiger partial charge is 0.269 e. The van der Waals surface area contributed by atoms with E-state index in [9.17, 15) is 4.79 Å². The van der Waals surface area contributed by atoms with Crippen molar-refractivity contribution < 1.29 is 4.79 Å². The van der Waals surface area contributed by atoms with E-state index in [0.717, 1.165) is 18.8 Å². The van der Waals surface area contributed by atoms with E-state index in [0.29, 0.717) is 18.2 Å². The van der Waals surface area contributed by atoms with Crippen LogP contribution in [0.3, 0.4) is 0 Å². The number of carbonyl (C=O) groups excluding carboxylic acids is 1. The van der Waals surface area contributed by atoms with Crippen molar-refractivity contribution in [3.8, 4) is 0 Å². The molecule has 0 atom stereocenters. The van der Waals surface area contributed by atoms with Crippen LogP contribution in [0.4, 0.5) is 5.82 Å². The molecule has 0 radical (unpaired) electrons. The molecule has 0 bridgehead atoms. The number of aromatic nitrogens is 1. The Morgan fingerprint density at radius 2 is 1.90 bits per heavy atom. The molecule has 0 unspecified atom stereocenters. The van der Waals surface area contributed by atoms with E-state index >= 15 is 0 Å². The second-order valence-corrected chi connectivity index (χ2v) is 7.04. The Hall–Kier alpha value is -1.58. The Morgan fingerprint density at radius 3 is 2.48 bits per heavy atom. The molecule has 1 aromatic heterocycles. The van der Waals surface area contributed by atoms with Gasteiger partial charge < -0.3 is 10.6 Å². The maximum atomic E-state index is 12.2. The summed E-state index contributed by atoms with van der Waals surface area (Å²) in [6.07, 6.45) is 1.03. The second-order valence-electron chi connectivity index (χ2n) is 7.04. The molecule has 1 saturated carbocycles. The fourth-order valence-electron chi connectivity index (χ4n) is 3.04. The predicted octanol–water partition coefficient (Wildman–Crippen LogP) is 3.32. The van der Waals surface area contributed by atoms with Gasteiger partial charge in [0, 0.05) is 13.1 Å². The molecule has 116 valence electrons. The molecule has 1 aliphatic carbocycles. The van der Waals surface area contributed by atoms with Gasteiger partial charge in [-0.3, -0.25) is 4.79 Å². The molecule has 0 saturated heterocycles. The fraction of sp³-hybridized carbons (Fsp3) is 0.647. The first-order valence-corrected chi connectivity index (χ1v) is 7.80. The first-order chi connectivity index (χ1) is 9.80. The lowest BCUT2D eigenvalue weighted by molar-refractivity contribution is 0.0945. The van der Waals surface area contributed by atoms with E-state index in [1.807, 2.05) is 12.1 Å². The van der Waals surface area contributed by atoms with E-state index < -0.39 is 0 Å². The fourth-order valence-corrected chi connectivity index (χ4v) is 3.04. The van der Waals surface area contributed by atoms with Gasteiger partial charge in [-0.1, -0.05) is 40.7 Å². The van der Waals surface area contributed by atoms with E-state index in [2.05, 4.69) is 50.2 Å². The number of pyridine rings is 1. The molecule has 0 aliphatic heterocycles. The molecule has 21 heavy (non-hydrogen) atoms. The summed E-state index contributed by atoms with van der Waals surface area (Å²) in [4.78, 5) is 16.6. The topological polar surface area (TPSA) is 54.0 Å². The lowest BCUT2D eigenvalue weighted by Crippen LogP contribution is -2.28. The Balaban J connectivity index is 1.92. The summed E-state index contributed by atoms with van der Waals surface area (Å²) in [5, 5.41) is 6.23. The summed E-state index contributed by atoms with van der Waals surface area (Å²) in [7, 11) is 0. The molecule has 1 aliphatic rings. The summed E-state index contributed by atoms with van der Waals surface area (Å²) in [5.41, 5.74) is 1.06. The normalized spacial score (nSPS) is 19.1. The van der Waals surface area contributed by atoms with Crippen LogP contribution < -0.4 is 10.6 Å². The maximum Gasteiger partial charge on any atom is 0.269 e. The van der Waals surface area contributed by atoms with E-state index in [1.165, 1.54) is 0 Å². The molecule has 2 rings (SSSR count). The molecule has 0 aromatic carbocycles. The van der Waals surface area contributed by atoms with Crippen molar-refractivity contribution in [3.63, 3.8) is 0 Å². The van der Waals surface area contributed by atoms with Gasteiger partial charge in [0.15, 0.2) is 0 Å². The highest BCUT2D eigenvalue weighted by Gasteiger charge is 2.64. The largest absolute Gasteiger partial charge is 0.370 e. The third-order valence-corrected chi connectivity index (χ3v) is 5.32. The number of anilines is 1. The molecule has 0 spiro atoms. The van der Waals surface area contributed by atoms with Crippen LogP contribution in [0, 0.1) is 16.7 Å². The molecule has 4 nitrogen and oxygen atoms in total. The standard InChI is InChI=1S/C17H27N3O/c1-6-10-18-14-9-7-8-12(20-14)15(21)19-11-13-16(2,3)17(13,4)5/h7-9,13H,6,10-11H2,1-5H3,(H,18,20)(H,19,21). The zero-order valence-corrected chi connectivity index (χ0v) is 13.8. The maximum absolute atomic E-state index is 12.2. The summed E-state index contributed by atoms with van der Waals surface area (Å²) in [6.45, 7) is 12.7. The summed E-state index contributed by atoms with van der Waals surface area (Å²) in [6, 6.07) is 5.51. The first kappa shape index (κ1) is 15.8. The summed E-state index contributed by atoms with van der Waals surface area (Å²) >= 11 is 0. The van der Waals surface area contributed by atoms with E-state index in [4.69, 9.17) is 0 Å². The first-order valence-electron chi connectivity index (χ1n) is 7.80. The molecule has 2 N–H and O–H groups in total. The lowest BCUT2D eigenvalue weighted by Gasteiger charge is -2.08. The Labute approximate surface area is 127 Å². The van der Waals surface area contributed by atoms with Crippen LogP contribution in [0.25, 0.3) is 0 Å². The number of carbonyl (C=O) groups is 1. The van der Waals surface area contributed by atoms with E-state index in [-0.39, 0.29) is 16.7 Å². The van der Waals surface area contributed by atoms with Gasteiger partial charge in [0.05, 0.1) is 0 Å². The minimum Gasteiger partial charge on any atom is -0.370 e. The third-order valence-electron chi connectivity index (χ3n) is 5.32. The van der Waals surface area contributed by atoms with Gasteiger partial charge in [-0.05, 0) is 35.3 Å². The average molecular weight is 289 g/mol. The van der Waals surface area contributed by atoms with Crippen molar-refractivity contribution in [1.29, 1.82) is 0 Å². The predicted molar refractivity (Wildman–Crippen MR) is 86.4 cm³/mol. The number of rotatable bonds is 6. The number of amides is 1. The number of nitrogens with one attached hydrogen (secondary N) is 2. The molecule has 1 aromatic rings. The van der Waals surface area contributed by atoms with Crippen molar-refractivity contribution in [2.24, 2.45) is 16.7 Å². The van der Waals surface area contributed by atoms with Crippen LogP contribution in [0.1, 0.15) is 51.5 Å². The zero-order valence-electron chi connectivity index (χ0n) is 13.8. The van der Waals surface area contributed by atoms with Gasteiger partial charge >= 0.3 is 0 Å². The Bertz CT molecular complexity index is 509. The number of hydrogen-bond donors (Lipinski definition) is 2. The van der Waals surface area contributed by atoms with Gasteiger partial charge in [0.25, 0.3) is 5.91 Å². The highest BCUT2D eigenvalue weighted by Crippen LogP contribution is 2.67. The zero-order chi connectivity index (χ0) is 15.7. The Kier molecular flexibility index (Phi) is 4.26. The van der Waals surface area contributed by atoms with Crippen LogP contribution in [0.2, 0.25) is 0 Å². The molecule has 4 heteroatoms. The van der Waals surface area contributed by atoms with Crippen LogP contribution in [-0.4, -0.2) is 24.0 Å². The average Bonchev–Trinajstić information content (AvgIpc) is 2.84. The number of hydrogen-bond acceptors (Lipinski definition) is 3. The summed E-state index contributed by atoms with van der Waals surface area (Å²) < 4.78 is 0. The van der Waals surface area contributed by atoms with Crippen LogP contribution in [-0.2, 0) is 0 Å². The van der Waals surface area contributed by atoms with Gasteiger partial charge in [-0.25, -0.2) is 4.98 Å². The minimum absolute atomic E-state index is 0.0892. The quantitative estimate of drug-likeness (QED) is 0.844. The van der Waals surface area contributed by atoms with Gasteiger partial charge in [0.2, 0.25) is 0 Å². The van der Waals surface area contributed by atoms with Crippen molar-refractivity contribution in [3.05, 3.63) is 23.9 Å². The molecule has 1 fully saturated rings. The highest BCUT2D eigenvalue weighted by molar-refractivity contribution is 5.92. The van der Waals surface area contributed by atoms with Crippen molar-refractivity contribution in [1.82, 2.24) is 10.3 Å². The molecular weight excluding hydrogens is 262 g/mol. The lowest BCUT2D eigenvalue weighted by atomic mass is 10.0. The van der Waals surface area contributed by atoms with Crippen molar-refractivity contribution in [2.45, 2.75) is 41.0 Å². The van der Waals surface area contributed by atoms with Gasteiger partial charge in [0.1, 0.15) is 11.5 Å². The molecular formula is C17H27N3O. The van der Waals surface area contributed by atoms with Gasteiger partial charge in [-0.2, -0.15) is 0 Å². The van der Waals surface area contributed by atoms with Crippen molar-refractivity contribution >= 4 is 11.7 Å². The third kappa shape index (κ3) is 3.04. The minimum atomic E-state index is -0.0892. The van der Waals surface area contributed by atoms with Gasteiger partial charge in [-0.15, -0.1) is 0 Å². The monoisotopic (exact) mass is 289 g/mol. The summed E-state index contributed by atoms with van der Waals surface area (Å²) in [5.74, 6) is 1.19. The number of nitrogens with zero attached hydrogens (tertiary/aromatic N) is 1. The van der Waals surface area contributed by atoms with Crippen LogP contribution in [0.5, 0.6) is 0 Å². The van der Waals surface area contributed by atoms with Crippen LogP contribution in [0.15, 0.2) is 18.2 Å². The SMILES string of the molecule is CCCNc1cccc(C(=O)NCC2C(C)(C)C2(C)C)n1. The van der Waals surface area contributed by atoms with Crippen molar-refractivity contribution in [2.75, 3.05) is 18.4 Å². The molecule has 1 amide bonds. The highest BCUT2D eigenvalue weighted by atomic mass is 16.1. The van der Waals surface area contributed by atoms with E-state index in [1.54, 1.807) is 6.07 Å².